The fraction of sp³-hybridized carbons (Fsp3) is 0.611. The Morgan fingerprint density at radius 2 is 2.05 bits per heavy atom. The van der Waals surface area contributed by atoms with Gasteiger partial charge in [-0.25, -0.2) is 0 Å². The molecule has 0 heterocycles. The molecule has 1 aromatic rings. The minimum absolute atomic E-state index is 0.0763. The maximum atomic E-state index is 11.5. The fourth-order valence-electron chi connectivity index (χ4n) is 3.38. The minimum Gasteiger partial charge on any atom is -0.425 e. The first kappa shape index (κ1) is 17.0. The van der Waals surface area contributed by atoms with E-state index in [1.165, 1.54) is 24.0 Å². The SMILES string of the molecule is CCCN(CCC)C1CCc2c(cccc2OC(=O)CN)C1. The van der Waals surface area contributed by atoms with Crippen molar-refractivity contribution < 1.29 is 9.53 Å². The van der Waals surface area contributed by atoms with Crippen LogP contribution in [0, 0.1) is 0 Å². The quantitative estimate of drug-likeness (QED) is 0.621. The van der Waals surface area contributed by atoms with Crippen LogP contribution >= 0.6 is 0 Å². The van der Waals surface area contributed by atoms with Gasteiger partial charge in [-0.1, -0.05) is 26.0 Å². The van der Waals surface area contributed by atoms with Gasteiger partial charge in [0.2, 0.25) is 0 Å². The van der Waals surface area contributed by atoms with Crippen molar-refractivity contribution in [2.75, 3.05) is 19.6 Å². The summed E-state index contributed by atoms with van der Waals surface area (Å²) in [4.78, 5) is 14.1. The van der Waals surface area contributed by atoms with Gasteiger partial charge >= 0.3 is 5.97 Å². The second kappa shape index (κ2) is 8.30. The number of fused-ring (bicyclic) bond motifs is 1. The van der Waals surface area contributed by atoms with Crippen LogP contribution in [0.5, 0.6) is 5.75 Å². The molecule has 122 valence electrons. The Morgan fingerprint density at radius 3 is 2.68 bits per heavy atom. The highest BCUT2D eigenvalue weighted by Crippen LogP contribution is 2.31. The Hall–Kier alpha value is -1.39. The van der Waals surface area contributed by atoms with E-state index in [-0.39, 0.29) is 12.5 Å². The average Bonchev–Trinajstić information content (AvgIpc) is 2.54. The molecule has 0 fully saturated rings. The van der Waals surface area contributed by atoms with Gasteiger partial charge < -0.3 is 15.4 Å². The lowest BCUT2D eigenvalue weighted by molar-refractivity contribution is -0.132. The summed E-state index contributed by atoms with van der Waals surface area (Å²) in [6, 6.07) is 6.62. The number of hydrogen-bond acceptors (Lipinski definition) is 4. The van der Waals surface area contributed by atoms with Gasteiger partial charge in [-0.15, -0.1) is 0 Å². The van der Waals surface area contributed by atoms with Gasteiger partial charge in [0.1, 0.15) is 5.75 Å². The standard InChI is InChI=1S/C18H28N2O2/c1-3-10-20(11-4-2)15-8-9-16-14(12-15)6-5-7-17(16)22-18(21)13-19/h5-7,15H,3-4,8-13,19H2,1-2H3. The molecule has 2 rings (SSSR count). The van der Waals surface area contributed by atoms with Crippen LogP contribution in [-0.4, -0.2) is 36.5 Å². The molecule has 22 heavy (non-hydrogen) atoms. The smallest absolute Gasteiger partial charge is 0.325 e. The highest BCUT2D eigenvalue weighted by atomic mass is 16.5. The van der Waals surface area contributed by atoms with E-state index >= 15 is 0 Å². The Balaban J connectivity index is 2.13. The lowest BCUT2D eigenvalue weighted by Crippen LogP contribution is -2.40. The number of benzene rings is 1. The summed E-state index contributed by atoms with van der Waals surface area (Å²) >= 11 is 0. The number of rotatable bonds is 7. The van der Waals surface area contributed by atoms with Gasteiger partial charge in [0, 0.05) is 6.04 Å². The Bertz CT molecular complexity index is 496. The monoisotopic (exact) mass is 304 g/mol. The number of hydrogen-bond donors (Lipinski definition) is 1. The lowest BCUT2D eigenvalue weighted by Gasteiger charge is -2.35. The molecule has 4 nitrogen and oxygen atoms in total. The summed E-state index contributed by atoms with van der Waals surface area (Å²) < 4.78 is 5.38. The molecule has 0 aromatic heterocycles. The summed E-state index contributed by atoms with van der Waals surface area (Å²) in [6.07, 6.45) is 5.53. The molecule has 1 aliphatic rings. The van der Waals surface area contributed by atoms with Crippen molar-refractivity contribution in [3.8, 4) is 5.75 Å². The summed E-state index contributed by atoms with van der Waals surface area (Å²) in [5.41, 5.74) is 7.85. The van der Waals surface area contributed by atoms with Crippen molar-refractivity contribution in [1.29, 1.82) is 0 Å². The predicted octanol–water partition coefficient (Wildman–Crippen LogP) is 2.53. The first-order valence-corrected chi connectivity index (χ1v) is 8.45. The van der Waals surface area contributed by atoms with Crippen LogP contribution in [0.3, 0.4) is 0 Å². The summed E-state index contributed by atoms with van der Waals surface area (Å²) in [5, 5.41) is 0. The molecule has 0 spiro atoms. The van der Waals surface area contributed by atoms with Gasteiger partial charge in [0.15, 0.2) is 0 Å². The van der Waals surface area contributed by atoms with Crippen molar-refractivity contribution in [1.82, 2.24) is 4.90 Å². The topological polar surface area (TPSA) is 55.6 Å². The molecule has 0 aliphatic heterocycles. The third-order valence-electron chi connectivity index (χ3n) is 4.34. The highest BCUT2D eigenvalue weighted by Gasteiger charge is 2.25. The van der Waals surface area contributed by atoms with Crippen LogP contribution < -0.4 is 10.5 Å². The van der Waals surface area contributed by atoms with Gasteiger partial charge in [-0.3, -0.25) is 4.79 Å². The molecule has 1 atom stereocenters. The van der Waals surface area contributed by atoms with E-state index in [4.69, 9.17) is 10.5 Å². The summed E-state index contributed by atoms with van der Waals surface area (Å²) in [7, 11) is 0. The van der Waals surface area contributed by atoms with Crippen LogP contribution in [0.2, 0.25) is 0 Å². The van der Waals surface area contributed by atoms with E-state index in [1.807, 2.05) is 12.1 Å². The van der Waals surface area contributed by atoms with Gasteiger partial charge in [0.25, 0.3) is 0 Å². The second-order valence-electron chi connectivity index (χ2n) is 6.00. The van der Waals surface area contributed by atoms with E-state index in [2.05, 4.69) is 24.8 Å². The van der Waals surface area contributed by atoms with Crippen molar-refractivity contribution in [2.24, 2.45) is 5.73 Å². The van der Waals surface area contributed by atoms with Crippen molar-refractivity contribution in [2.45, 2.75) is 52.0 Å². The zero-order valence-electron chi connectivity index (χ0n) is 13.8. The predicted molar refractivity (Wildman–Crippen MR) is 89.1 cm³/mol. The molecule has 0 radical (unpaired) electrons. The van der Waals surface area contributed by atoms with Crippen LogP contribution in [0.4, 0.5) is 0 Å². The fourth-order valence-corrected chi connectivity index (χ4v) is 3.38. The first-order valence-electron chi connectivity index (χ1n) is 8.45. The molecular weight excluding hydrogens is 276 g/mol. The van der Waals surface area contributed by atoms with Gasteiger partial charge in [-0.2, -0.15) is 0 Å². The minimum atomic E-state index is -0.367. The molecule has 0 saturated heterocycles. The first-order chi connectivity index (χ1) is 10.7. The van der Waals surface area contributed by atoms with Crippen LogP contribution in [0.15, 0.2) is 18.2 Å². The molecule has 1 unspecified atom stereocenters. The lowest BCUT2D eigenvalue weighted by atomic mass is 9.86. The molecule has 4 heteroatoms. The Kier molecular flexibility index (Phi) is 6.40. The third-order valence-corrected chi connectivity index (χ3v) is 4.34. The van der Waals surface area contributed by atoms with Crippen LogP contribution in [0.1, 0.15) is 44.2 Å². The Morgan fingerprint density at radius 1 is 1.32 bits per heavy atom. The zero-order chi connectivity index (χ0) is 15.9. The maximum absolute atomic E-state index is 11.5. The summed E-state index contributed by atoms with van der Waals surface area (Å²) in [5.74, 6) is 0.332. The van der Waals surface area contributed by atoms with E-state index in [0.29, 0.717) is 11.8 Å². The summed E-state index contributed by atoms with van der Waals surface area (Å²) in [6.45, 7) is 6.73. The van der Waals surface area contributed by atoms with Crippen LogP contribution in [0.25, 0.3) is 0 Å². The average molecular weight is 304 g/mol. The number of nitrogens with two attached hydrogens (primary N) is 1. The number of nitrogens with zero attached hydrogens (tertiary/aromatic N) is 1. The third kappa shape index (κ3) is 4.08. The van der Waals surface area contributed by atoms with Gasteiger partial charge in [-0.05, 0) is 62.4 Å². The van der Waals surface area contributed by atoms with E-state index in [9.17, 15) is 4.79 Å². The van der Waals surface area contributed by atoms with Crippen molar-refractivity contribution >= 4 is 5.97 Å². The highest BCUT2D eigenvalue weighted by molar-refractivity contribution is 5.74. The Labute approximate surface area is 133 Å². The van der Waals surface area contributed by atoms with E-state index < -0.39 is 0 Å². The molecule has 0 amide bonds. The number of carbonyl (C=O) groups excluding carboxylic acids is 1. The zero-order valence-corrected chi connectivity index (χ0v) is 13.8. The van der Waals surface area contributed by atoms with Crippen molar-refractivity contribution in [3.05, 3.63) is 29.3 Å². The molecule has 0 bridgehead atoms. The second-order valence-corrected chi connectivity index (χ2v) is 6.00. The largest absolute Gasteiger partial charge is 0.425 e. The number of esters is 1. The van der Waals surface area contributed by atoms with Gasteiger partial charge in [0.05, 0.1) is 6.54 Å². The van der Waals surface area contributed by atoms with Crippen LogP contribution in [-0.2, 0) is 17.6 Å². The number of carbonyl (C=O) groups is 1. The molecule has 1 aliphatic carbocycles. The maximum Gasteiger partial charge on any atom is 0.325 e. The van der Waals surface area contributed by atoms with E-state index in [1.54, 1.807) is 0 Å². The normalized spacial score (nSPS) is 17.4. The molecule has 0 saturated carbocycles. The molecule has 2 N–H and O–H groups in total. The number of ether oxygens (including phenoxy) is 1. The van der Waals surface area contributed by atoms with Crippen molar-refractivity contribution in [3.63, 3.8) is 0 Å². The molecular formula is C18H28N2O2. The molecule has 1 aromatic carbocycles. The van der Waals surface area contributed by atoms with E-state index in [0.717, 1.165) is 32.4 Å².